The molecule has 1 fully saturated rings. The molecule has 74 valence electrons. The van der Waals surface area contributed by atoms with Gasteiger partial charge in [-0.3, -0.25) is 4.79 Å². The minimum atomic E-state index is -0.578. The zero-order valence-corrected chi connectivity index (χ0v) is 7.76. The van der Waals surface area contributed by atoms with Gasteiger partial charge in [0.25, 0.3) is 0 Å². The molecule has 0 heterocycles. The Morgan fingerprint density at radius 2 is 2.14 bits per heavy atom. The molecule has 1 aliphatic carbocycles. The lowest BCUT2D eigenvalue weighted by Crippen LogP contribution is -1.97. The third kappa shape index (κ3) is 1.54. The number of carbonyl (C=O) groups is 1. The summed E-state index contributed by atoms with van der Waals surface area (Å²) in [5.41, 5.74) is 0.464. The molecule has 0 unspecified atom stereocenters. The zero-order chi connectivity index (χ0) is 10.3. The fourth-order valence-corrected chi connectivity index (χ4v) is 1.79. The summed E-state index contributed by atoms with van der Waals surface area (Å²) in [5, 5.41) is 0. The molecule has 0 bridgehead atoms. The predicted molar refractivity (Wildman–Crippen MR) is 47.9 cm³/mol. The van der Waals surface area contributed by atoms with Crippen molar-refractivity contribution in [2.75, 3.05) is 0 Å². The second-order valence-electron chi connectivity index (χ2n) is 3.73. The van der Waals surface area contributed by atoms with Crippen molar-refractivity contribution in [3.63, 3.8) is 0 Å². The average molecular weight is 196 g/mol. The molecule has 2 atom stereocenters. The van der Waals surface area contributed by atoms with Gasteiger partial charge in [0.1, 0.15) is 17.4 Å². The lowest BCUT2D eigenvalue weighted by Gasteiger charge is -2.00. The molecule has 1 aromatic carbocycles. The molecule has 3 heteroatoms. The molecule has 0 spiro atoms. The summed E-state index contributed by atoms with van der Waals surface area (Å²) in [7, 11) is 0. The number of Topliss-reactive ketones (excluding diaryl/α,β-unsaturated/α-hetero) is 1. The highest BCUT2D eigenvalue weighted by molar-refractivity contribution is 5.82. The molecular weight excluding hydrogens is 186 g/mol. The van der Waals surface area contributed by atoms with Crippen LogP contribution in [0.25, 0.3) is 0 Å². The molecule has 0 saturated heterocycles. The minimum Gasteiger partial charge on any atom is -0.300 e. The van der Waals surface area contributed by atoms with Gasteiger partial charge in [-0.1, -0.05) is 6.07 Å². The van der Waals surface area contributed by atoms with Gasteiger partial charge in [-0.15, -0.1) is 0 Å². The van der Waals surface area contributed by atoms with Crippen molar-refractivity contribution in [3.05, 3.63) is 35.4 Å². The van der Waals surface area contributed by atoms with Crippen LogP contribution in [0.4, 0.5) is 8.78 Å². The molecule has 0 radical (unpaired) electrons. The Balaban J connectivity index is 2.23. The van der Waals surface area contributed by atoms with E-state index in [0.29, 0.717) is 12.0 Å². The second-order valence-corrected chi connectivity index (χ2v) is 3.73. The van der Waals surface area contributed by atoms with Gasteiger partial charge in [0.15, 0.2) is 0 Å². The number of hydrogen-bond acceptors (Lipinski definition) is 1. The molecule has 1 aromatic rings. The lowest BCUT2D eigenvalue weighted by atomic mass is 10.1. The fraction of sp³-hybridized carbons (Fsp3) is 0.364. The van der Waals surface area contributed by atoms with Crippen LogP contribution in [0, 0.1) is 17.6 Å². The average Bonchev–Trinajstić information content (AvgIpc) is 2.83. The van der Waals surface area contributed by atoms with Crippen LogP contribution in [0.3, 0.4) is 0 Å². The molecule has 1 nitrogen and oxygen atoms in total. The number of rotatable bonds is 2. The van der Waals surface area contributed by atoms with Crippen LogP contribution in [-0.4, -0.2) is 5.78 Å². The van der Waals surface area contributed by atoms with Gasteiger partial charge in [0, 0.05) is 12.0 Å². The summed E-state index contributed by atoms with van der Waals surface area (Å²) >= 11 is 0. The highest BCUT2D eigenvalue weighted by Gasteiger charge is 2.42. The smallest absolute Gasteiger partial charge is 0.133 e. The number of ketones is 1. The van der Waals surface area contributed by atoms with Crippen LogP contribution in [-0.2, 0) is 4.79 Å². The molecule has 1 aliphatic rings. The van der Waals surface area contributed by atoms with Crippen LogP contribution in [0.1, 0.15) is 24.8 Å². The number of benzene rings is 1. The second kappa shape index (κ2) is 3.15. The third-order valence-electron chi connectivity index (χ3n) is 2.67. The van der Waals surface area contributed by atoms with Gasteiger partial charge >= 0.3 is 0 Å². The first-order valence-corrected chi connectivity index (χ1v) is 4.55. The number of carbonyl (C=O) groups excluding carboxylic acids is 1. The molecule has 1 saturated carbocycles. The quantitative estimate of drug-likeness (QED) is 0.710. The van der Waals surface area contributed by atoms with E-state index in [1.807, 2.05) is 0 Å². The van der Waals surface area contributed by atoms with Gasteiger partial charge in [-0.05, 0) is 30.9 Å². The molecule has 0 amide bonds. The third-order valence-corrected chi connectivity index (χ3v) is 2.67. The van der Waals surface area contributed by atoms with Crippen LogP contribution in [0.2, 0.25) is 0 Å². The first kappa shape index (κ1) is 9.31. The maximum absolute atomic E-state index is 13.2. The van der Waals surface area contributed by atoms with E-state index in [0.717, 1.165) is 6.07 Å². The molecule has 14 heavy (non-hydrogen) atoms. The zero-order valence-electron chi connectivity index (χ0n) is 7.76. The Kier molecular flexibility index (Phi) is 2.10. The van der Waals surface area contributed by atoms with Crippen molar-refractivity contribution in [2.24, 2.45) is 5.92 Å². The van der Waals surface area contributed by atoms with E-state index in [1.54, 1.807) is 0 Å². The number of hydrogen-bond donors (Lipinski definition) is 0. The van der Waals surface area contributed by atoms with Crippen molar-refractivity contribution >= 4 is 5.78 Å². The Morgan fingerprint density at radius 3 is 2.64 bits per heavy atom. The van der Waals surface area contributed by atoms with Crippen molar-refractivity contribution in [2.45, 2.75) is 19.3 Å². The lowest BCUT2D eigenvalue weighted by molar-refractivity contribution is -0.118. The molecule has 0 N–H and O–H groups in total. The highest BCUT2D eigenvalue weighted by Crippen LogP contribution is 2.48. The van der Waals surface area contributed by atoms with Crippen molar-refractivity contribution in [3.8, 4) is 0 Å². The van der Waals surface area contributed by atoms with E-state index in [-0.39, 0.29) is 17.6 Å². The summed E-state index contributed by atoms with van der Waals surface area (Å²) in [4.78, 5) is 11.0. The maximum Gasteiger partial charge on any atom is 0.133 e. The SMILES string of the molecule is CC(=O)[C@H]1C[C@@H]1c1ccc(F)cc1F. The van der Waals surface area contributed by atoms with Gasteiger partial charge in [0.2, 0.25) is 0 Å². The van der Waals surface area contributed by atoms with Gasteiger partial charge in [-0.2, -0.15) is 0 Å². The maximum atomic E-state index is 13.2. The Bertz CT molecular complexity index is 387. The largest absolute Gasteiger partial charge is 0.300 e. The summed E-state index contributed by atoms with van der Waals surface area (Å²) in [5.74, 6) is -1.13. The van der Waals surface area contributed by atoms with E-state index in [9.17, 15) is 13.6 Å². The molecule has 0 aromatic heterocycles. The van der Waals surface area contributed by atoms with Crippen LogP contribution in [0.15, 0.2) is 18.2 Å². The van der Waals surface area contributed by atoms with E-state index < -0.39 is 11.6 Å². The van der Waals surface area contributed by atoms with Crippen LogP contribution >= 0.6 is 0 Å². The predicted octanol–water partition coefficient (Wildman–Crippen LogP) is 2.66. The van der Waals surface area contributed by atoms with Crippen molar-refractivity contribution in [1.29, 1.82) is 0 Å². The Labute approximate surface area is 80.7 Å². The fourth-order valence-electron chi connectivity index (χ4n) is 1.79. The topological polar surface area (TPSA) is 17.1 Å². The van der Waals surface area contributed by atoms with Crippen molar-refractivity contribution < 1.29 is 13.6 Å². The first-order chi connectivity index (χ1) is 6.59. The van der Waals surface area contributed by atoms with E-state index >= 15 is 0 Å². The highest BCUT2D eigenvalue weighted by atomic mass is 19.1. The molecule has 2 rings (SSSR count). The van der Waals surface area contributed by atoms with E-state index in [4.69, 9.17) is 0 Å². The normalized spacial score (nSPS) is 24.8. The van der Waals surface area contributed by atoms with E-state index in [1.165, 1.54) is 19.1 Å². The van der Waals surface area contributed by atoms with Crippen molar-refractivity contribution in [1.82, 2.24) is 0 Å². The van der Waals surface area contributed by atoms with Crippen LogP contribution in [0.5, 0.6) is 0 Å². The first-order valence-electron chi connectivity index (χ1n) is 4.55. The Hall–Kier alpha value is -1.25. The summed E-state index contributed by atoms with van der Waals surface area (Å²) in [6.45, 7) is 1.51. The summed E-state index contributed by atoms with van der Waals surface area (Å²) < 4.78 is 25.8. The van der Waals surface area contributed by atoms with E-state index in [2.05, 4.69) is 0 Å². The number of halogens is 2. The minimum absolute atomic E-state index is 0.0342. The molecule has 0 aliphatic heterocycles. The monoisotopic (exact) mass is 196 g/mol. The van der Waals surface area contributed by atoms with Crippen LogP contribution < -0.4 is 0 Å². The summed E-state index contributed by atoms with van der Waals surface area (Å²) in [6.07, 6.45) is 0.692. The van der Waals surface area contributed by atoms with Gasteiger partial charge < -0.3 is 0 Å². The standard InChI is InChI=1S/C11H10F2O/c1-6(14)9-5-10(9)8-3-2-7(12)4-11(8)13/h2-4,9-10H,5H2,1H3/t9-,10-/m1/s1. The summed E-state index contributed by atoms with van der Waals surface area (Å²) in [6, 6.07) is 3.52. The Morgan fingerprint density at radius 1 is 1.43 bits per heavy atom. The van der Waals surface area contributed by atoms with Gasteiger partial charge in [-0.25, -0.2) is 8.78 Å². The molecular formula is C11H10F2O. The van der Waals surface area contributed by atoms with Gasteiger partial charge in [0.05, 0.1) is 0 Å².